The molecule has 5 heteroatoms. The van der Waals surface area contributed by atoms with Gasteiger partial charge in [-0.25, -0.2) is 0 Å². The van der Waals surface area contributed by atoms with E-state index in [2.05, 4.69) is 5.32 Å². The fourth-order valence-corrected chi connectivity index (χ4v) is 3.66. The number of ether oxygens (including phenoxy) is 1. The maximum Gasteiger partial charge on any atom is 0.416 e. The second kappa shape index (κ2) is 7.68. The monoisotopic (exact) mass is 383 g/mol. The van der Waals surface area contributed by atoms with Crippen LogP contribution in [-0.2, 0) is 19.2 Å². The lowest BCUT2D eigenvalue weighted by Gasteiger charge is -2.29. The Morgan fingerprint density at radius 3 is 2.43 bits per heavy atom. The van der Waals surface area contributed by atoms with Crippen LogP contribution in [0.4, 0.5) is 13.2 Å². The summed E-state index contributed by atoms with van der Waals surface area (Å²) in [6.45, 7) is 1.07. The van der Waals surface area contributed by atoms with Crippen LogP contribution >= 0.6 is 0 Å². The van der Waals surface area contributed by atoms with Gasteiger partial charge in [0.1, 0.15) is 12.4 Å². The van der Waals surface area contributed by atoms with Crippen molar-refractivity contribution in [3.63, 3.8) is 0 Å². The summed E-state index contributed by atoms with van der Waals surface area (Å²) in [5.74, 6) is 0.729. The first kappa shape index (κ1) is 18.6. The summed E-state index contributed by atoms with van der Waals surface area (Å²) < 4.78 is 46.2. The average Bonchev–Trinajstić information content (AvgIpc) is 2.72. The van der Waals surface area contributed by atoms with E-state index in [4.69, 9.17) is 4.74 Å². The minimum absolute atomic E-state index is 0.258. The quantitative estimate of drug-likeness (QED) is 0.641. The van der Waals surface area contributed by atoms with Gasteiger partial charge in [0.05, 0.1) is 11.6 Å². The van der Waals surface area contributed by atoms with Crippen LogP contribution in [0.1, 0.15) is 33.9 Å². The number of nitrogens with one attached hydrogen (secondary N) is 1. The van der Waals surface area contributed by atoms with E-state index in [0.29, 0.717) is 13.2 Å². The van der Waals surface area contributed by atoms with Crippen molar-refractivity contribution in [3.05, 3.63) is 101 Å². The molecule has 1 heterocycles. The topological polar surface area (TPSA) is 21.3 Å². The molecular formula is C23H20F3NO. The zero-order valence-corrected chi connectivity index (χ0v) is 15.2. The molecule has 0 amide bonds. The molecule has 0 saturated carbocycles. The number of benzene rings is 3. The molecule has 3 aromatic carbocycles. The van der Waals surface area contributed by atoms with Gasteiger partial charge in [0.25, 0.3) is 0 Å². The van der Waals surface area contributed by atoms with Crippen molar-refractivity contribution in [2.24, 2.45) is 0 Å². The van der Waals surface area contributed by atoms with Crippen molar-refractivity contribution in [2.75, 3.05) is 6.54 Å². The largest absolute Gasteiger partial charge is 0.489 e. The highest BCUT2D eigenvalue weighted by Gasteiger charge is 2.36. The molecule has 1 N–H and O–H groups in total. The minimum Gasteiger partial charge on any atom is -0.489 e. The molecule has 28 heavy (non-hydrogen) atoms. The van der Waals surface area contributed by atoms with E-state index in [1.165, 1.54) is 6.07 Å². The molecular weight excluding hydrogens is 363 g/mol. The van der Waals surface area contributed by atoms with Gasteiger partial charge in [-0.05, 0) is 46.9 Å². The van der Waals surface area contributed by atoms with Crippen molar-refractivity contribution in [1.82, 2.24) is 5.32 Å². The van der Waals surface area contributed by atoms with E-state index in [-0.39, 0.29) is 5.56 Å². The first-order valence-electron chi connectivity index (χ1n) is 9.21. The van der Waals surface area contributed by atoms with Crippen LogP contribution in [0, 0.1) is 0 Å². The zero-order valence-electron chi connectivity index (χ0n) is 15.2. The summed E-state index contributed by atoms with van der Waals surface area (Å²) in [6, 6.07) is 20.8. The van der Waals surface area contributed by atoms with Crippen molar-refractivity contribution in [1.29, 1.82) is 0 Å². The number of halogens is 3. The lowest BCUT2D eigenvalue weighted by molar-refractivity contribution is -0.138. The molecule has 3 aromatic rings. The molecule has 1 aliphatic heterocycles. The third-order valence-corrected chi connectivity index (χ3v) is 4.99. The van der Waals surface area contributed by atoms with E-state index in [0.717, 1.165) is 34.9 Å². The normalized spacial score (nSPS) is 16.5. The SMILES string of the molecule is FC(F)(F)c1ccccc1C1NCCc2cc(OCc3ccccc3)ccc21. The Hall–Kier alpha value is -2.79. The fourth-order valence-electron chi connectivity index (χ4n) is 3.66. The Labute approximate surface area is 162 Å². The van der Waals surface area contributed by atoms with E-state index in [1.54, 1.807) is 12.1 Å². The van der Waals surface area contributed by atoms with Gasteiger partial charge in [0.15, 0.2) is 0 Å². The Morgan fingerprint density at radius 2 is 1.64 bits per heavy atom. The van der Waals surface area contributed by atoms with Crippen LogP contribution in [0.15, 0.2) is 72.8 Å². The van der Waals surface area contributed by atoms with Crippen LogP contribution < -0.4 is 10.1 Å². The predicted octanol–water partition coefficient (Wildman–Crippen LogP) is 5.52. The van der Waals surface area contributed by atoms with Crippen LogP contribution in [0.2, 0.25) is 0 Å². The first-order valence-corrected chi connectivity index (χ1v) is 9.21. The predicted molar refractivity (Wildman–Crippen MR) is 102 cm³/mol. The van der Waals surface area contributed by atoms with Gasteiger partial charge in [-0.1, -0.05) is 54.6 Å². The summed E-state index contributed by atoms with van der Waals surface area (Å²) in [5.41, 5.74) is 2.62. The summed E-state index contributed by atoms with van der Waals surface area (Å²) in [7, 11) is 0. The highest BCUT2D eigenvalue weighted by atomic mass is 19.4. The van der Waals surface area contributed by atoms with Gasteiger partial charge >= 0.3 is 6.18 Å². The molecule has 0 spiro atoms. The standard InChI is InChI=1S/C23H20F3NO/c24-23(25,26)21-9-5-4-8-20(21)22-19-11-10-18(14-17(19)12-13-27-22)28-15-16-6-2-1-3-7-16/h1-11,14,22,27H,12-13,15H2. The van der Waals surface area contributed by atoms with E-state index in [9.17, 15) is 13.2 Å². The molecule has 0 bridgehead atoms. The third kappa shape index (κ3) is 3.90. The molecule has 144 valence electrons. The molecule has 0 fully saturated rings. The second-order valence-electron chi connectivity index (χ2n) is 6.86. The molecule has 1 atom stereocenters. The van der Waals surface area contributed by atoms with E-state index >= 15 is 0 Å². The summed E-state index contributed by atoms with van der Waals surface area (Å²) in [4.78, 5) is 0. The lowest BCUT2D eigenvalue weighted by atomic mass is 9.87. The molecule has 1 aliphatic rings. The molecule has 2 nitrogen and oxygen atoms in total. The van der Waals surface area contributed by atoms with Gasteiger partial charge in [-0.2, -0.15) is 13.2 Å². The van der Waals surface area contributed by atoms with E-state index < -0.39 is 17.8 Å². The maximum atomic E-state index is 13.5. The number of fused-ring (bicyclic) bond motifs is 1. The van der Waals surface area contributed by atoms with Crippen LogP contribution in [-0.4, -0.2) is 6.54 Å². The molecule has 4 rings (SSSR count). The second-order valence-corrected chi connectivity index (χ2v) is 6.86. The van der Waals surface area contributed by atoms with Crippen molar-refractivity contribution >= 4 is 0 Å². The molecule has 0 radical (unpaired) electrons. The van der Waals surface area contributed by atoms with Gasteiger partial charge in [0, 0.05) is 6.54 Å². The molecule has 0 aromatic heterocycles. The minimum atomic E-state index is -4.38. The molecule has 0 saturated heterocycles. The number of alkyl halides is 3. The summed E-state index contributed by atoms with van der Waals surface area (Å²) >= 11 is 0. The van der Waals surface area contributed by atoms with Crippen molar-refractivity contribution in [3.8, 4) is 5.75 Å². The van der Waals surface area contributed by atoms with Gasteiger partial charge in [0.2, 0.25) is 0 Å². The fraction of sp³-hybridized carbons (Fsp3) is 0.217. The van der Waals surface area contributed by atoms with Crippen LogP contribution in [0.5, 0.6) is 5.75 Å². The Balaban J connectivity index is 1.61. The van der Waals surface area contributed by atoms with Gasteiger partial charge in [-0.15, -0.1) is 0 Å². The molecule has 0 aliphatic carbocycles. The highest BCUT2D eigenvalue weighted by Crippen LogP contribution is 2.39. The van der Waals surface area contributed by atoms with Crippen LogP contribution in [0.25, 0.3) is 0 Å². The lowest BCUT2D eigenvalue weighted by Crippen LogP contribution is -2.32. The smallest absolute Gasteiger partial charge is 0.416 e. The number of hydrogen-bond donors (Lipinski definition) is 1. The third-order valence-electron chi connectivity index (χ3n) is 4.99. The van der Waals surface area contributed by atoms with Crippen molar-refractivity contribution in [2.45, 2.75) is 25.2 Å². The summed E-state index contributed by atoms with van der Waals surface area (Å²) in [5, 5.41) is 3.24. The average molecular weight is 383 g/mol. The Morgan fingerprint density at radius 1 is 0.893 bits per heavy atom. The first-order chi connectivity index (χ1) is 13.5. The maximum absolute atomic E-state index is 13.5. The van der Waals surface area contributed by atoms with Crippen LogP contribution in [0.3, 0.4) is 0 Å². The Bertz CT molecular complexity index is 954. The number of rotatable bonds is 4. The van der Waals surface area contributed by atoms with Gasteiger partial charge < -0.3 is 10.1 Å². The Kier molecular flexibility index (Phi) is 5.09. The zero-order chi connectivity index (χ0) is 19.6. The van der Waals surface area contributed by atoms with Gasteiger partial charge in [-0.3, -0.25) is 0 Å². The van der Waals surface area contributed by atoms with Crippen molar-refractivity contribution < 1.29 is 17.9 Å². The molecule has 1 unspecified atom stereocenters. The number of hydrogen-bond acceptors (Lipinski definition) is 2. The van der Waals surface area contributed by atoms with E-state index in [1.807, 2.05) is 48.5 Å². The summed E-state index contributed by atoms with van der Waals surface area (Å²) in [6.07, 6.45) is -3.63. The highest BCUT2D eigenvalue weighted by molar-refractivity contribution is 5.46.